The van der Waals surface area contributed by atoms with Gasteiger partial charge in [-0.1, -0.05) is 36.8 Å². The van der Waals surface area contributed by atoms with Crippen molar-refractivity contribution in [3.05, 3.63) is 70.3 Å². The lowest BCUT2D eigenvalue weighted by Gasteiger charge is -2.25. The Morgan fingerprint density at radius 1 is 1.05 bits per heavy atom. The quantitative estimate of drug-likeness (QED) is 0.119. The first-order valence-corrected chi connectivity index (χ1v) is 14.1. The second-order valence-electron chi connectivity index (χ2n) is 8.89. The Bertz CT molecular complexity index is 1170. The van der Waals surface area contributed by atoms with Crippen LogP contribution in [-0.4, -0.2) is 62.5 Å². The number of carbonyl (C=O) groups is 2. The molecule has 0 aliphatic heterocycles. The molecule has 2 rings (SSSR count). The van der Waals surface area contributed by atoms with Crippen molar-refractivity contribution >= 4 is 40.2 Å². The van der Waals surface area contributed by atoms with Crippen LogP contribution in [0.15, 0.2) is 59.5 Å². The van der Waals surface area contributed by atoms with Crippen LogP contribution in [0.3, 0.4) is 0 Å². The third kappa shape index (κ3) is 12.3. The molecule has 0 saturated heterocycles. The number of carbonyl (C=O) groups excluding carboxylic acids is 2. The third-order valence-corrected chi connectivity index (χ3v) is 7.75. The van der Waals surface area contributed by atoms with E-state index in [0.717, 1.165) is 17.7 Å². The van der Waals surface area contributed by atoms with Gasteiger partial charge in [-0.3, -0.25) is 14.9 Å². The Kier molecular flexibility index (Phi) is 15.8. The maximum atomic E-state index is 13.3. The molecular formula is C26H37ClN4O8S. The monoisotopic (exact) mass is 600 g/mol. The summed E-state index contributed by atoms with van der Waals surface area (Å²) in [5, 5.41) is 13.6. The molecule has 0 spiro atoms. The van der Waals surface area contributed by atoms with E-state index in [2.05, 4.69) is 10.1 Å². The number of benzene rings is 2. The summed E-state index contributed by atoms with van der Waals surface area (Å²) in [4.78, 5) is 33.5. The largest absolute Gasteiger partial charge is 0.469 e. The van der Waals surface area contributed by atoms with Gasteiger partial charge in [0.1, 0.15) is 6.61 Å². The molecule has 0 saturated carbocycles. The highest BCUT2D eigenvalue weighted by atomic mass is 35.5. The van der Waals surface area contributed by atoms with Crippen LogP contribution in [0.25, 0.3) is 0 Å². The maximum Gasteiger partial charge on any atom is 0.407 e. The molecule has 0 bridgehead atoms. The van der Waals surface area contributed by atoms with E-state index in [1.54, 1.807) is 0 Å². The van der Waals surface area contributed by atoms with E-state index in [-0.39, 0.29) is 55.1 Å². The number of nitrogens with one attached hydrogen (secondary N) is 1. The number of hydrogen-bond donors (Lipinski definition) is 2. The second-order valence-corrected chi connectivity index (χ2v) is 10.8. The molecule has 40 heavy (non-hydrogen) atoms. The minimum atomic E-state index is -3.98. The molecule has 3 N–H and O–H groups in total. The molecule has 1 atom stereocenters. The number of nitrogens with zero attached hydrogens (tertiary/aromatic N) is 2. The van der Waals surface area contributed by atoms with E-state index < -0.39 is 27.1 Å². The Balaban J connectivity index is 0.00000800. The van der Waals surface area contributed by atoms with Gasteiger partial charge in [0.25, 0.3) is 5.69 Å². The van der Waals surface area contributed by atoms with E-state index in [0.29, 0.717) is 38.6 Å². The predicted molar refractivity (Wildman–Crippen MR) is 151 cm³/mol. The van der Waals surface area contributed by atoms with Crippen LogP contribution in [0.2, 0.25) is 0 Å². The number of ether oxygens (including phenoxy) is 2. The number of sulfonamides is 1. The van der Waals surface area contributed by atoms with Crippen molar-refractivity contribution < 1.29 is 32.4 Å². The zero-order valence-electron chi connectivity index (χ0n) is 22.4. The molecule has 2 aromatic carbocycles. The first-order valence-electron chi connectivity index (χ1n) is 12.6. The smallest absolute Gasteiger partial charge is 0.407 e. The van der Waals surface area contributed by atoms with E-state index >= 15 is 0 Å². The van der Waals surface area contributed by atoms with E-state index in [4.69, 9.17) is 10.5 Å². The number of nitrogens with two attached hydrogens (primary N) is 1. The fourth-order valence-corrected chi connectivity index (χ4v) is 5.25. The molecule has 222 valence electrons. The molecule has 0 aromatic heterocycles. The average Bonchev–Trinajstić information content (AvgIpc) is 2.93. The normalized spacial score (nSPS) is 11.8. The van der Waals surface area contributed by atoms with Crippen LogP contribution < -0.4 is 11.1 Å². The summed E-state index contributed by atoms with van der Waals surface area (Å²) >= 11 is 0. The molecule has 0 unspecified atom stereocenters. The molecule has 12 nitrogen and oxygen atoms in total. The van der Waals surface area contributed by atoms with Crippen molar-refractivity contribution in [1.82, 2.24) is 9.62 Å². The number of non-ortho nitro benzene ring substituents is 1. The van der Waals surface area contributed by atoms with Crippen molar-refractivity contribution in [2.75, 3.05) is 26.7 Å². The molecule has 0 aliphatic rings. The van der Waals surface area contributed by atoms with Gasteiger partial charge in [0.15, 0.2) is 0 Å². The van der Waals surface area contributed by atoms with Crippen molar-refractivity contribution in [1.29, 1.82) is 0 Å². The first-order chi connectivity index (χ1) is 18.6. The fraction of sp³-hybridized carbons (Fsp3) is 0.462. The van der Waals surface area contributed by atoms with Crippen LogP contribution in [0, 0.1) is 10.1 Å². The predicted octanol–water partition coefficient (Wildman–Crippen LogP) is 3.77. The SMILES string of the molecule is COC(=O)CCCCCN(C[C@H](N)CCCNC(=O)OCc1ccccc1)S(=O)(=O)c1ccc([N+](=O)[O-])cc1.Cl. The van der Waals surface area contributed by atoms with Crippen LogP contribution >= 0.6 is 12.4 Å². The third-order valence-electron chi connectivity index (χ3n) is 5.87. The zero-order chi connectivity index (χ0) is 28.7. The summed E-state index contributed by atoms with van der Waals surface area (Å²) in [5.41, 5.74) is 6.91. The van der Waals surface area contributed by atoms with Crippen LogP contribution in [0.5, 0.6) is 0 Å². The topological polar surface area (TPSA) is 171 Å². The summed E-state index contributed by atoms with van der Waals surface area (Å²) in [7, 11) is -2.66. The molecule has 14 heteroatoms. The number of unbranched alkanes of at least 4 members (excludes halogenated alkanes) is 2. The van der Waals surface area contributed by atoms with Gasteiger partial charge < -0.3 is 20.5 Å². The molecule has 1 amide bonds. The van der Waals surface area contributed by atoms with Gasteiger partial charge in [0, 0.05) is 44.2 Å². The fourth-order valence-electron chi connectivity index (χ4n) is 3.72. The number of hydrogen-bond acceptors (Lipinski definition) is 9. The summed E-state index contributed by atoms with van der Waals surface area (Å²) < 4.78 is 37.7. The van der Waals surface area contributed by atoms with Gasteiger partial charge in [0.2, 0.25) is 10.0 Å². The highest BCUT2D eigenvalue weighted by molar-refractivity contribution is 7.89. The van der Waals surface area contributed by atoms with Crippen LogP contribution in [0.1, 0.15) is 44.1 Å². The van der Waals surface area contributed by atoms with Crippen molar-refractivity contribution in [3.8, 4) is 0 Å². The maximum absolute atomic E-state index is 13.3. The highest BCUT2D eigenvalue weighted by Crippen LogP contribution is 2.21. The number of amides is 1. The number of methoxy groups -OCH3 is 1. The highest BCUT2D eigenvalue weighted by Gasteiger charge is 2.26. The molecule has 0 fully saturated rings. The van der Waals surface area contributed by atoms with Gasteiger partial charge in [0.05, 0.1) is 16.9 Å². The average molecular weight is 601 g/mol. The lowest BCUT2D eigenvalue weighted by Crippen LogP contribution is -2.42. The lowest BCUT2D eigenvalue weighted by atomic mass is 10.1. The number of nitro benzene ring substituents is 1. The second kappa shape index (κ2) is 18.2. The van der Waals surface area contributed by atoms with E-state index in [9.17, 15) is 28.1 Å². The van der Waals surface area contributed by atoms with E-state index in [1.165, 1.54) is 23.5 Å². The van der Waals surface area contributed by atoms with Gasteiger partial charge in [-0.2, -0.15) is 4.31 Å². The van der Waals surface area contributed by atoms with Crippen molar-refractivity contribution in [2.24, 2.45) is 5.73 Å². The van der Waals surface area contributed by atoms with Gasteiger partial charge in [-0.25, -0.2) is 13.2 Å². The molecule has 0 aliphatic carbocycles. The zero-order valence-corrected chi connectivity index (χ0v) is 24.0. The lowest BCUT2D eigenvalue weighted by molar-refractivity contribution is -0.384. The van der Waals surface area contributed by atoms with Gasteiger partial charge >= 0.3 is 12.1 Å². The Morgan fingerprint density at radius 2 is 1.73 bits per heavy atom. The molecule has 0 radical (unpaired) electrons. The summed E-state index contributed by atoms with van der Waals surface area (Å²) in [6, 6.07) is 13.4. The number of esters is 1. The number of halogens is 1. The minimum absolute atomic E-state index is 0. The molecular weight excluding hydrogens is 564 g/mol. The number of alkyl carbamates (subject to hydrolysis) is 1. The van der Waals surface area contributed by atoms with Gasteiger partial charge in [-0.15, -0.1) is 12.4 Å². The van der Waals surface area contributed by atoms with Gasteiger partial charge in [-0.05, 0) is 43.4 Å². The summed E-state index contributed by atoms with van der Waals surface area (Å²) in [5.74, 6) is -0.329. The Labute approximate surface area is 240 Å². The minimum Gasteiger partial charge on any atom is -0.469 e. The number of rotatable bonds is 17. The molecule has 0 heterocycles. The summed E-state index contributed by atoms with van der Waals surface area (Å²) in [6.45, 7) is 0.651. The van der Waals surface area contributed by atoms with Crippen LogP contribution in [0.4, 0.5) is 10.5 Å². The first kappa shape index (κ1) is 34.8. The summed E-state index contributed by atoms with van der Waals surface area (Å²) in [6.07, 6.45) is 2.28. The van der Waals surface area contributed by atoms with Crippen molar-refractivity contribution in [3.63, 3.8) is 0 Å². The van der Waals surface area contributed by atoms with E-state index in [1.807, 2.05) is 30.3 Å². The van der Waals surface area contributed by atoms with Crippen LogP contribution in [-0.2, 0) is 30.9 Å². The Hall–Kier alpha value is -3.26. The number of nitro groups is 1. The standard InChI is InChI=1S/C26H36N4O8S.ClH/c1-37-25(31)12-6-3-7-18-29(39(35,36)24-15-13-23(14-16-24)30(33)34)19-22(27)11-8-17-28-26(32)38-20-21-9-4-2-5-10-21;/h2,4-5,9-10,13-16,22H,3,6-8,11-12,17-20,27H2,1H3,(H,28,32);1H/t22-;/m1./s1. The molecule has 2 aromatic rings. The Morgan fingerprint density at radius 3 is 2.35 bits per heavy atom. The van der Waals surface area contributed by atoms with Crippen molar-refractivity contribution in [2.45, 2.75) is 56.1 Å².